The van der Waals surface area contributed by atoms with Crippen LogP contribution in [-0.2, 0) is 0 Å². The number of likely N-dealkylation sites (tertiary alicyclic amines) is 1. The summed E-state index contributed by atoms with van der Waals surface area (Å²) in [6.45, 7) is 2.21. The number of nitrogens with zero attached hydrogens (tertiary/aromatic N) is 2. The Balaban J connectivity index is 1.64. The molecule has 1 aliphatic heterocycles. The molecule has 2 heterocycles. The van der Waals surface area contributed by atoms with Crippen molar-refractivity contribution in [2.45, 2.75) is 25.3 Å². The molecule has 0 saturated carbocycles. The van der Waals surface area contributed by atoms with Crippen molar-refractivity contribution in [3.63, 3.8) is 0 Å². The summed E-state index contributed by atoms with van der Waals surface area (Å²) in [4.78, 5) is 6.42. The fourth-order valence-corrected chi connectivity index (χ4v) is 2.78. The molecule has 1 aromatic heterocycles. The Bertz CT molecular complexity index is 538. The fraction of sp³-hybridized carbons (Fsp3) is 0.438. The molecular formula is C16H21N3O. The second-order valence-electron chi connectivity index (χ2n) is 5.46. The lowest BCUT2D eigenvalue weighted by Crippen LogP contribution is -2.40. The summed E-state index contributed by atoms with van der Waals surface area (Å²) in [6.07, 6.45) is 7.16. The number of hydrogen-bond acceptors (Lipinski definition) is 4. The Hall–Kier alpha value is -1.81. The average molecular weight is 271 g/mol. The minimum atomic E-state index is 0.637. The van der Waals surface area contributed by atoms with Crippen molar-refractivity contribution < 1.29 is 4.42 Å². The summed E-state index contributed by atoms with van der Waals surface area (Å²) in [5, 5.41) is 3.54. The van der Waals surface area contributed by atoms with Crippen LogP contribution in [0.1, 0.15) is 19.3 Å². The molecule has 4 nitrogen and oxygen atoms in total. The molecule has 20 heavy (non-hydrogen) atoms. The molecule has 1 unspecified atom stereocenters. The highest BCUT2D eigenvalue weighted by molar-refractivity contribution is 5.63. The van der Waals surface area contributed by atoms with E-state index in [0.29, 0.717) is 6.04 Å². The van der Waals surface area contributed by atoms with Crippen molar-refractivity contribution in [2.75, 3.05) is 25.5 Å². The average Bonchev–Trinajstić information content (AvgIpc) is 3.01. The highest BCUT2D eigenvalue weighted by atomic mass is 16.3. The van der Waals surface area contributed by atoms with Gasteiger partial charge >= 0.3 is 0 Å². The molecule has 0 spiro atoms. The van der Waals surface area contributed by atoms with Crippen LogP contribution >= 0.6 is 0 Å². The molecule has 0 amide bonds. The summed E-state index contributed by atoms with van der Waals surface area (Å²) >= 11 is 0. The molecule has 1 fully saturated rings. The highest BCUT2D eigenvalue weighted by Crippen LogP contribution is 2.22. The Morgan fingerprint density at radius 2 is 2.35 bits per heavy atom. The van der Waals surface area contributed by atoms with Gasteiger partial charge in [0, 0.05) is 23.8 Å². The van der Waals surface area contributed by atoms with Gasteiger partial charge < -0.3 is 14.6 Å². The number of anilines is 1. The zero-order valence-electron chi connectivity index (χ0n) is 11.9. The summed E-state index contributed by atoms with van der Waals surface area (Å²) in [7, 11) is 2.22. The van der Waals surface area contributed by atoms with E-state index in [9.17, 15) is 0 Å². The van der Waals surface area contributed by atoms with Crippen LogP contribution in [0.5, 0.6) is 0 Å². The molecule has 3 rings (SSSR count). The molecule has 0 aliphatic carbocycles. The molecular weight excluding hydrogens is 250 g/mol. The van der Waals surface area contributed by atoms with Crippen LogP contribution in [0.2, 0.25) is 0 Å². The Morgan fingerprint density at radius 1 is 1.40 bits per heavy atom. The standard InChI is InChI=1S/C16H21N3O/c1-19-8-3-2-7-15(19)10-18-14-6-4-5-13(9-14)16-11-17-12-20-16/h4-6,9,11-12,15,18H,2-3,7-8,10H2,1H3. The minimum Gasteiger partial charge on any atom is -0.444 e. The summed E-state index contributed by atoms with van der Waals surface area (Å²) < 4.78 is 5.34. The van der Waals surface area contributed by atoms with Crippen LogP contribution in [0, 0.1) is 0 Å². The molecule has 0 bridgehead atoms. The van der Waals surface area contributed by atoms with Crippen molar-refractivity contribution in [3.8, 4) is 11.3 Å². The normalized spacial score (nSPS) is 19.9. The smallest absolute Gasteiger partial charge is 0.181 e. The lowest BCUT2D eigenvalue weighted by atomic mass is 10.0. The van der Waals surface area contributed by atoms with Crippen LogP contribution < -0.4 is 5.32 Å². The summed E-state index contributed by atoms with van der Waals surface area (Å²) in [6, 6.07) is 8.94. The van der Waals surface area contributed by atoms with Gasteiger partial charge in [-0.25, -0.2) is 4.98 Å². The maximum Gasteiger partial charge on any atom is 0.181 e. The number of oxazole rings is 1. The van der Waals surface area contributed by atoms with Gasteiger partial charge in [-0.3, -0.25) is 0 Å². The first-order valence-corrected chi connectivity index (χ1v) is 7.26. The number of nitrogens with one attached hydrogen (secondary N) is 1. The SMILES string of the molecule is CN1CCCCC1CNc1cccc(-c2cnco2)c1. The van der Waals surface area contributed by atoms with Gasteiger partial charge in [-0.15, -0.1) is 0 Å². The van der Waals surface area contributed by atoms with E-state index in [0.717, 1.165) is 23.6 Å². The number of aromatic nitrogens is 1. The van der Waals surface area contributed by atoms with Gasteiger partial charge in [-0.05, 0) is 38.6 Å². The zero-order valence-corrected chi connectivity index (χ0v) is 11.9. The van der Waals surface area contributed by atoms with E-state index < -0.39 is 0 Å². The topological polar surface area (TPSA) is 41.3 Å². The van der Waals surface area contributed by atoms with Gasteiger partial charge in [-0.2, -0.15) is 0 Å². The lowest BCUT2D eigenvalue weighted by molar-refractivity contribution is 0.194. The maximum absolute atomic E-state index is 5.34. The molecule has 2 aromatic rings. The summed E-state index contributed by atoms with van der Waals surface area (Å²) in [5.41, 5.74) is 2.20. The second kappa shape index (κ2) is 6.09. The van der Waals surface area contributed by atoms with E-state index >= 15 is 0 Å². The molecule has 1 aliphatic rings. The van der Waals surface area contributed by atoms with Crippen LogP contribution in [0.4, 0.5) is 5.69 Å². The largest absolute Gasteiger partial charge is 0.444 e. The summed E-state index contributed by atoms with van der Waals surface area (Å²) in [5.74, 6) is 0.809. The Labute approximate surface area is 119 Å². The minimum absolute atomic E-state index is 0.637. The third kappa shape index (κ3) is 3.02. The molecule has 0 radical (unpaired) electrons. The molecule has 1 N–H and O–H groups in total. The van der Waals surface area contributed by atoms with Crippen LogP contribution in [0.15, 0.2) is 41.3 Å². The van der Waals surface area contributed by atoms with Crippen LogP contribution in [0.25, 0.3) is 11.3 Å². The Morgan fingerprint density at radius 3 is 3.15 bits per heavy atom. The van der Waals surface area contributed by atoms with Crippen molar-refractivity contribution in [1.82, 2.24) is 9.88 Å². The number of hydrogen-bond donors (Lipinski definition) is 1. The number of likely N-dealkylation sites (N-methyl/N-ethyl adjacent to an activating group) is 1. The first-order valence-electron chi connectivity index (χ1n) is 7.26. The number of benzene rings is 1. The molecule has 1 atom stereocenters. The zero-order chi connectivity index (χ0) is 13.8. The van der Waals surface area contributed by atoms with Crippen LogP contribution in [0.3, 0.4) is 0 Å². The number of rotatable bonds is 4. The van der Waals surface area contributed by atoms with E-state index in [4.69, 9.17) is 4.42 Å². The van der Waals surface area contributed by atoms with Crippen molar-refractivity contribution in [3.05, 3.63) is 36.9 Å². The van der Waals surface area contributed by atoms with Crippen molar-refractivity contribution in [1.29, 1.82) is 0 Å². The van der Waals surface area contributed by atoms with Gasteiger partial charge in [0.1, 0.15) is 0 Å². The van der Waals surface area contributed by atoms with E-state index in [1.54, 1.807) is 6.20 Å². The first kappa shape index (κ1) is 13.2. The van der Waals surface area contributed by atoms with Gasteiger partial charge in [0.05, 0.1) is 6.20 Å². The monoisotopic (exact) mass is 271 g/mol. The second-order valence-corrected chi connectivity index (χ2v) is 5.46. The molecule has 1 saturated heterocycles. The molecule has 4 heteroatoms. The maximum atomic E-state index is 5.34. The Kier molecular flexibility index (Phi) is 4.02. The van der Waals surface area contributed by atoms with Crippen LogP contribution in [-0.4, -0.2) is 36.1 Å². The van der Waals surface area contributed by atoms with Crippen molar-refractivity contribution >= 4 is 5.69 Å². The van der Waals surface area contributed by atoms with Gasteiger partial charge in [0.2, 0.25) is 0 Å². The molecule has 106 valence electrons. The predicted octanol–water partition coefficient (Wildman–Crippen LogP) is 3.24. The first-order chi connectivity index (χ1) is 9.83. The van der Waals surface area contributed by atoms with Gasteiger partial charge in [0.25, 0.3) is 0 Å². The molecule has 1 aromatic carbocycles. The van der Waals surface area contributed by atoms with E-state index in [1.807, 2.05) is 12.1 Å². The van der Waals surface area contributed by atoms with Gasteiger partial charge in [-0.1, -0.05) is 18.6 Å². The quantitative estimate of drug-likeness (QED) is 0.927. The van der Waals surface area contributed by atoms with E-state index in [-0.39, 0.29) is 0 Å². The lowest BCUT2D eigenvalue weighted by Gasteiger charge is -2.32. The fourth-order valence-electron chi connectivity index (χ4n) is 2.78. The third-order valence-corrected chi connectivity index (χ3v) is 4.04. The van der Waals surface area contributed by atoms with Crippen molar-refractivity contribution in [2.24, 2.45) is 0 Å². The van der Waals surface area contributed by atoms with E-state index in [1.165, 1.54) is 32.2 Å². The highest BCUT2D eigenvalue weighted by Gasteiger charge is 2.18. The van der Waals surface area contributed by atoms with E-state index in [2.05, 4.69) is 34.4 Å². The number of piperidine rings is 1. The third-order valence-electron chi connectivity index (χ3n) is 4.04. The predicted molar refractivity (Wildman–Crippen MR) is 80.7 cm³/mol. The van der Waals surface area contributed by atoms with Gasteiger partial charge in [0.15, 0.2) is 12.2 Å².